The summed E-state index contributed by atoms with van der Waals surface area (Å²) in [7, 11) is 0. The third-order valence-corrected chi connectivity index (χ3v) is 3.78. The maximum absolute atomic E-state index is 12.5. The van der Waals surface area contributed by atoms with Crippen LogP contribution in [0, 0.1) is 0 Å². The van der Waals surface area contributed by atoms with Crippen LogP contribution in [0.5, 0.6) is 0 Å². The molecule has 5 heteroatoms. The van der Waals surface area contributed by atoms with E-state index in [-0.39, 0.29) is 18.3 Å². The highest BCUT2D eigenvalue weighted by molar-refractivity contribution is 5.97. The van der Waals surface area contributed by atoms with Gasteiger partial charge in [-0.15, -0.1) is 12.4 Å². The van der Waals surface area contributed by atoms with E-state index >= 15 is 0 Å². The molecule has 2 aromatic rings. The molecule has 1 aliphatic heterocycles. The van der Waals surface area contributed by atoms with Gasteiger partial charge >= 0.3 is 0 Å². The summed E-state index contributed by atoms with van der Waals surface area (Å²) in [6, 6.07) is 5.88. The number of aromatic nitrogens is 2. The lowest BCUT2D eigenvalue weighted by molar-refractivity contribution is 0.0636. The first-order chi connectivity index (χ1) is 9.25. The predicted octanol–water partition coefficient (Wildman–Crippen LogP) is 3.07. The van der Waals surface area contributed by atoms with Crippen LogP contribution in [0.4, 0.5) is 0 Å². The molecular formula is C15H18ClN3O. The monoisotopic (exact) mass is 291 g/mol. The minimum Gasteiger partial charge on any atom is -0.336 e. The zero-order chi connectivity index (χ0) is 13.2. The van der Waals surface area contributed by atoms with Crippen molar-refractivity contribution in [3.63, 3.8) is 0 Å². The smallest absolute Gasteiger partial charge is 0.254 e. The second-order valence-corrected chi connectivity index (χ2v) is 5.10. The third-order valence-electron chi connectivity index (χ3n) is 3.78. The van der Waals surface area contributed by atoms with Crippen LogP contribution in [0.15, 0.2) is 30.6 Å². The second-order valence-electron chi connectivity index (χ2n) is 5.10. The van der Waals surface area contributed by atoms with Gasteiger partial charge in [0.25, 0.3) is 5.91 Å². The minimum absolute atomic E-state index is 0. The summed E-state index contributed by atoms with van der Waals surface area (Å²) in [6.45, 7) is 2.98. The van der Waals surface area contributed by atoms with Crippen molar-refractivity contribution in [1.29, 1.82) is 0 Å². The Morgan fingerprint density at radius 3 is 2.70 bits per heavy atom. The Kier molecular flexibility index (Phi) is 4.55. The zero-order valence-electron chi connectivity index (χ0n) is 11.5. The summed E-state index contributed by atoms with van der Waals surface area (Å²) in [5, 5.41) is 0. The minimum atomic E-state index is 0. The molecule has 0 bridgehead atoms. The molecule has 1 atom stereocenters. The van der Waals surface area contributed by atoms with Gasteiger partial charge in [0.05, 0.1) is 11.0 Å². The number of likely N-dealkylation sites (tertiary alicyclic amines) is 1. The van der Waals surface area contributed by atoms with Gasteiger partial charge in [-0.2, -0.15) is 0 Å². The summed E-state index contributed by atoms with van der Waals surface area (Å²) in [6.07, 6.45) is 6.73. The van der Waals surface area contributed by atoms with Crippen LogP contribution in [-0.4, -0.2) is 33.4 Å². The molecule has 1 aliphatic rings. The third kappa shape index (κ3) is 2.75. The highest BCUT2D eigenvalue weighted by atomic mass is 35.5. The highest BCUT2D eigenvalue weighted by Crippen LogP contribution is 2.20. The topological polar surface area (TPSA) is 46.1 Å². The molecule has 2 heterocycles. The number of hydrogen-bond donors (Lipinski definition) is 0. The Bertz CT molecular complexity index is 617. The first-order valence-electron chi connectivity index (χ1n) is 6.77. The number of carbonyl (C=O) groups excluding carboxylic acids is 1. The van der Waals surface area contributed by atoms with E-state index in [1.807, 2.05) is 23.1 Å². The van der Waals surface area contributed by atoms with E-state index in [9.17, 15) is 4.79 Å². The van der Waals surface area contributed by atoms with E-state index in [4.69, 9.17) is 0 Å². The van der Waals surface area contributed by atoms with Gasteiger partial charge in [-0.1, -0.05) is 0 Å². The zero-order valence-corrected chi connectivity index (χ0v) is 12.3. The number of hydrogen-bond acceptors (Lipinski definition) is 3. The van der Waals surface area contributed by atoms with E-state index in [0.717, 1.165) is 30.4 Å². The number of amides is 1. The largest absolute Gasteiger partial charge is 0.336 e. The molecule has 1 saturated heterocycles. The van der Waals surface area contributed by atoms with E-state index in [0.29, 0.717) is 11.6 Å². The molecule has 0 spiro atoms. The fourth-order valence-electron chi connectivity index (χ4n) is 2.66. The summed E-state index contributed by atoms with van der Waals surface area (Å²) >= 11 is 0. The maximum atomic E-state index is 12.5. The van der Waals surface area contributed by atoms with Crippen molar-refractivity contribution in [1.82, 2.24) is 14.9 Å². The number of rotatable bonds is 1. The first-order valence-corrected chi connectivity index (χ1v) is 6.77. The lowest BCUT2D eigenvalue weighted by atomic mass is 10.0. The Morgan fingerprint density at radius 2 is 1.95 bits per heavy atom. The Hall–Kier alpha value is -1.68. The predicted molar refractivity (Wildman–Crippen MR) is 81.1 cm³/mol. The van der Waals surface area contributed by atoms with Crippen LogP contribution in [0.2, 0.25) is 0 Å². The maximum Gasteiger partial charge on any atom is 0.254 e. The first kappa shape index (κ1) is 14.7. The summed E-state index contributed by atoms with van der Waals surface area (Å²) < 4.78 is 0. The van der Waals surface area contributed by atoms with E-state index in [1.54, 1.807) is 12.4 Å². The average Bonchev–Trinajstić information content (AvgIpc) is 2.46. The van der Waals surface area contributed by atoms with E-state index in [2.05, 4.69) is 16.9 Å². The van der Waals surface area contributed by atoms with Crippen LogP contribution < -0.4 is 0 Å². The Labute approximate surface area is 124 Å². The quantitative estimate of drug-likeness (QED) is 0.811. The molecule has 1 amide bonds. The van der Waals surface area contributed by atoms with Crippen molar-refractivity contribution in [2.75, 3.05) is 6.54 Å². The SMILES string of the molecule is CC1CCCCN1C(=O)c1ccc2nccnc2c1.Cl. The highest BCUT2D eigenvalue weighted by Gasteiger charge is 2.24. The standard InChI is InChI=1S/C15H17N3O.ClH/c1-11-4-2-3-9-18(11)15(19)12-5-6-13-14(10-12)17-8-7-16-13;/h5-8,10-11H,2-4,9H2,1H3;1H. The number of halogens is 1. The van der Waals surface area contributed by atoms with Gasteiger partial charge in [-0.05, 0) is 44.4 Å². The molecule has 1 unspecified atom stereocenters. The molecule has 0 saturated carbocycles. The van der Waals surface area contributed by atoms with Crippen LogP contribution >= 0.6 is 12.4 Å². The van der Waals surface area contributed by atoms with Crippen molar-refractivity contribution in [3.05, 3.63) is 36.2 Å². The molecular weight excluding hydrogens is 274 g/mol. The lowest BCUT2D eigenvalue weighted by Gasteiger charge is -2.33. The van der Waals surface area contributed by atoms with Crippen molar-refractivity contribution in [2.24, 2.45) is 0 Å². The van der Waals surface area contributed by atoms with E-state index in [1.165, 1.54) is 6.42 Å². The van der Waals surface area contributed by atoms with Crippen molar-refractivity contribution < 1.29 is 4.79 Å². The molecule has 20 heavy (non-hydrogen) atoms. The number of fused-ring (bicyclic) bond motifs is 1. The molecule has 1 aromatic carbocycles. The van der Waals surface area contributed by atoms with Crippen molar-refractivity contribution in [3.8, 4) is 0 Å². The van der Waals surface area contributed by atoms with Gasteiger partial charge in [-0.3, -0.25) is 14.8 Å². The molecule has 106 valence electrons. The summed E-state index contributed by atoms with van der Waals surface area (Å²) in [4.78, 5) is 23.0. The second kappa shape index (κ2) is 6.18. The Morgan fingerprint density at radius 1 is 1.20 bits per heavy atom. The van der Waals surface area contributed by atoms with Crippen molar-refractivity contribution in [2.45, 2.75) is 32.2 Å². The van der Waals surface area contributed by atoms with Crippen molar-refractivity contribution >= 4 is 29.3 Å². The molecule has 0 radical (unpaired) electrons. The normalized spacial score (nSPS) is 18.6. The number of nitrogens with zero attached hydrogens (tertiary/aromatic N) is 3. The van der Waals surface area contributed by atoms with Gasteiger partial charge < -0.3 is 4.90 Å². The van der Waals surface area contributed by atoms with Gasteiger partial charge in [-0.25, -0.2) is 0 Å². The van der Waals surface area contributed by atoms with Gasteiger partial charge in [0.15, 0.2) is 0 Å². The fraction of sp³-hybridized carbons (Fsp3) is 0.400. The summed E-state index contributed by atoms with van der Waals surface area (Å²) in [5.74, 6) is 0.111. The molecule has 3 rings (SSSR count). The van der Waals surface area contributed by atoms with Crippen LogP contribution in [-0.2, 0) is 0 Å². The van der Waals surface area contributed by atoms with Crippen LogP contribution in [0.1, 0.15) is 36.5 Å². The molecule has 0 aliphatic carbocycles. The van der Waals surface area contributed by atoms with Gasteiger partial charge in [0, 0.05) is 30.5 Å². The number of benzene rings is 1. The van der Waals surface area contributed by atoms with Crippen LogP contribution in [0.3, 0.4) is 0 Å². The molecule has 1 aromatic heterocycles. The summed E-state index contributed by atoms with van der Waals surface area (Å²) in [5.41, 5.74) is 2.31. The fourth-order valence-corrected chi connectivity index (χ4v) is 2.66. The van der Waals surface area contributed by atoms with E-state index < -0.39 is 0 Å². The molecule has 1 fully saturated rings. The lowest BCUT2D eigenvalue weighted by Crippen LogP contribution is -2.42. The molecule has 4 nitrogen and oxygen atoms in total. The van der Waals surface area contributed by atoms with Gasteiger partial charge in [0.1, 0.15) is 0 Å². The number of piperidine rings is 1. The number of carbonyl (C=O) groups is 1. The molecule has 0 N–H and O–H groups in total. The van der Waals surface area contributed by atoms with Crippen LogP contribution in [0.25, 0.3) is 11.0 Å². The average molecular weight is 292 g/mol. The Balaban J connectivity index is 0.00000147. The van der Waals surface area contributed by atoms with Gasteiger partial charge in [0.2, 0.25) is 0 Å².